The largest absolute Gasteiger partial charge is 0.452 e. The smallest absolute Gasteiger partial charge is 0.338 e. The lowest BCUT2D eigenvalue weighted by Gasteiger charge is -2.34. The third-order valence-electron chi connectivity index (χ3n) is 5.30. The second-order valence-electron chi connectivity index (χ2n) is 8.15. The van der Waals surface area contributed by atoms with Gasteiger partial charge in [0, 0.05) is 18.8 Å². The zero-order valence-electron chi connectivity index (χ0n) is 18.9. The average Bonchev–Trinajstić information content (AvgIpc) is 2.74. The van der Waals surface area contributed by atoms with Crippen LogP contribution in [-0.4, -0.2) is 56.5 Å². The highest BCUT2D eigenvalue weighted by Crippen LogP contribution is 2.28. The fourth-order valence-electron chi connectivity index (χ4n) is 3.52. The Morgan fingerprint density at radius 2 is 1.76 bits per heavy atom. The minimum absolute atomic E-state index is 0.00849. The molecular formula is C23H27ClN2O6S. The summed E-state index contributed by atoms with van der Waals surface area (Å²) in [5, 5.41) is 2.65. The number of anilines is 1. The molecule has 8 nitrogen and oxygen atoms in total. The predicted molar refractivity (Wildman–Crippen MR) is 125 cm³/mol. The molecule has 33 heavy (non-hydrogen) atoms. The van der Waals surface area contributed by atoms with Crippen LogP contribution in [-0.2, 0) is 24.3 Å². The third-order valence-corrected chi connectivity index (χ3v) is 7.61. The molecule has 0 aromatic heterocycles. The van der Waals surface area contributed by atoms with Crippen LogP contribution >= 0.6 is 11.6 Å². The number of ether oxygens (including phenoxy) is 2. The number of aryl methyl sites for hydroxylation is 2. The van der Waals surface area contributed by atoms with Gasteiger partial charge in [0.15, 0.2) is 6.61 Å². The SMILES string of the molecule is Cc1ccc(NC(=O)COC(=O)c2ccc(Cl)c(S(=O)(=O)N3CC(C)OC(C)C3)c2)cc1C. The Labute approximate surface area is 198 Å². The molecule has 1 heterocycles. The summed E-state index contributed by atoms with van der Waals surface area (Å²) in [7, 11) is -3.96. The summed E-state index contributed by atoms with van der Waals surface area (Å²) in [6.07, 6.45) is -0.544. The van der Waals surface area contributed by atoms with Crippen LogP contribution in [0.15, 0.2) is 41.3 Å². The van der Waals surface area contributed by atoms with Crippen LogP contribution in [0.4, 0.5) is 5.69 Å². The first kappa shape index (κ1) is 25.2. The molecule has 2 atom stereocenters. The predicted octanol–water partition coefficient (Wildman–Crippen LogP) is 3.55. The number of rotatable bonds is 6. The van der Waals surface area contributed by atoms with Crippen LogP contribution < -0.4 is 5.32 Å². The van der Waals surface area contributed by atoms with Gasteiger partial charge in [-0.05, 0) is 69.2 Å². The molecule has 1 fully saturated rings. The van der Waals surface area contributed by atoms with Gasteiger partial charge in [-0.25, -0.2) is 13.2 Å². The van der Waals surface area contributed by atoms with Crippen LogP contribution in [0.1, 0.15) is 35.3 Å². The average molecular weight is 495 g/mol. The summed E-state index contributed by atoms with van der Waals surface area (Å²) in [6.45, 7) is 7.30. The fraction of sp³-hybridized carbons (Fsp3) is 0.391. The number of esters is 1. The molecular weight excluding hydrogens is 468 g/mol. The van der Waals surface area contributed by atoms with E-state index in [9.17, 15) is 18.0 Å². The van der Waals surface area contributed by atoms with Crippen molar-refractivity contribution in [2.24, 2.45) is 0 Å². The molecule has 1 N–H and O–H groups in total. The van der Waals surface area contributed by atoms with Crippen molar-refractivity contribution in [3.63, 3.8) is 0 Å². The molecule has 2 aromatic carbocycles. The van der Waals surface area contributed by atoms with Gasteiger partial charge in [-0.15, -0.1) is 0 Å². The Kier molecular flexibility index (Phi) is 7.79. The molecule has 0 bridgehead atoms. The number of benzene rings is 2. The van der Waals surface area contributed by atoms with Gasteiger partial charge in [-0.2, -0.15) is 4.31 Å². The zero-order chi connectivity index (χ0) is 24.3. The van der Waals surface area contributed by atoms with E-state index in [1.54, 1.807) is 19.9 Å². The van der Waals surface area contributed by atoms with Crippen LogP contribution in [0.3, 0.4) is 0 Å². The van der Waals surface area contributed by atoms with Crippen molar-refractivity contribution < 1.29 is 27.5 Å². The first-order valence-electron chi connectivity index (χ1n) is 10.5. The van der Waals surface area contributed by atoms with Gasteiger partial charge in [0.1, 0.15) is 4.90 Å². The number of carbonyl (C=O) groups is 2. The first-order chi connectivity index (χ1) is 15.5. The summed E-state index contributed by atoms with van der Waals surface area (Å²) in [4.78, 5) is 24.5. The Bertz CT molecular complexity index is 1160. The van der Waals surface area contributed by atoms with E-state index in [2.05, 4.69) is 5.32 Å². The van der Waals surface area contributed by atoms with Gasteiger partial charge in [0.2, 0.25) is 10.0 Å². The molecule has 0 spiro atoms. The van der Waals surface area contributed by atoms with Crippen molar-refractivity contribution in [2.45, 2.75) is 44.8 Å². The quantitative estimate of drug-likeness (QED) is 0.616. The van der Waals surface area contributed by atoms with E-state index in [0.717, 1.165) is 11.1 Å². The Morgan fingerprint density at radius 3 is 2.39 bits per heavy atom. The summed E-state index contributed by atoms with van der Waals surface area (Å²) in [5.74, 6) is -1.34. The van der Waals surface area contributed by atoms with E-state index in [1.807, 2.05) is 26.0 Å². The summed E-state index contributed by atoms with van der Waals surface area (Å²) >= 11 is 6.17. The van der Waals surface area contributed by atoms with E-state index in [1.165, 1.54) is 22.5 Å². The maximum atomic E-state index is 13.2. The standard InChI is InChI=1S/C23H27ClN2O6S/c1-14-5-7-19(9-15(14)2)25-22(27)13-31-23(28)18-6-8-20(24)21(10-18)33(29,30)26-11-16(3)32-17(4)12-26/h5-10,16-17H,11-13H2,1-4H3,(H,25,27). The zero-order valence-corrected chi connectivity index (χ0v) is 20.5. The van der Waals surface area contributed by atoms with E-state index in [0.29, 0.717) is 5.69 Å². The highest BCUT2D eigenvalue weighted by molar-refractivity contribution is 7.89. The van der Waals surface area contributed by atoms with Gasteiger partial charge < -0.3 is 14.8 Å². The number of hydrogen-bond donors (Lipinski definition) is 1. The number of halogens is 1. The van der Waals surface area contributed by atoms with Crippen LogP contribution in [0.2, 0.25) is 5.02 Å². The van der Waals surface area contributed by atoms with E-state index in [-0.39, 0.29) is 40.8 Å². The van der Waals surface area contributed by atoms with Crippen molar-refractivity contribution in [2.75, 3.05) is 25.0 Å². The fourth-order valence-corrected chi connectivity index (χ4v) is 5.62. The minimum atomic E-state index is -3.96. The van der Waals surface area contributed by atoms with Crippen molar-refractivity contribution in [3.05, 3.63) is 58.1 Å². The minimum Gasteiger partial charge on any atom is -0.452 e. The second-order valence-corrected chi connectivity index (χ2v) is 10.5. The highest BCUT2D eigenvalue weighted by atomic mass is 35.5. The summed E-state index contributed by atoms with van der Waals surface area (Å²) < 4.78 is 38.3. The van der Waals surface area contributed by atoms with Crippen molar-refractivity contribution >= 4 is 39.2 Å². The van der Waals surface area contributed by atoms with E-state index < -0.39 is 28.5 Å². The number of nitrogens with one attached hydrogen (secondary N) is 1. The molecule has 3 rings (SSSR count). The number of nitrogens with zero attached hydrogens (tertiary/aromatic N) is 1. The molecule has 10 heteroatoms. The monoisotopic (exact) mass is 494 g/mol. The first-order valence-corrected chi connectivity index (χ1v) is 12.3. The third kappa shape index (κ3) is 6.11. The topological polar surface area (TPSA) is 102 Å². The number of sulfonamides is 1. The Hall–Kier alpha value is -2.46. The van der Waals surface area contributed by atoms with Gasteiger partial charge in [-0.1, -0.05) is 17.7 Å². The molecule has 0 aliphatic carbocycles. The van der Waals surface area contributed by atoms with Crippen molar-refractivity contribution in [3.8, 4) is 0 Å². The molecule has 1 aliphatic heterocycles. The normalized spacial score (nSPS) is 19.2. The Morgan fingerprint density at radius 1 is 1.09 bits per heavy atom. The lowest BCUT2D eigenvalue weighted by atomic mass is 10.1. The van der Waals surface area contributed by atoms with Gasteiger partial charge in [0.25, 0.3) is 5.91 Å². The molecule has 1 saturated heterocycles. The maximum absolute atomic E-state index is 13.2. The van der Waals surface area contributed by atoms with Crippen LogP contribution in [0.25, 0.3) is 0 Å². The number of hydrogen-bond acceptors (Lipinski definition) is 6. The number of carbonyl (C=O) groups excluding carboxylic acids is 2. The van der Waals surface area contributed by atoms with Crippen molar-refractivity contribution in [1.82, 2.24) is 4.31 Å². The maximum Gasteiger partial charge on any atom is 0.338 e. The number of morpholine rings is 1. The van der Waals surface area contributed by atoms with E-state index >= 15 is 0 Å². The molecule has 1 aliphatic rings. The molecule has 2 aromatic rings. The molecule has 1 amide bonds. The summed E-state index contributed by atoms with van der Waals surface area (Å²) in [6, 6.07) is 9.31. The molecule has 0 saturated carbocycles. The van der Waals surface area contributed by atoms with E-state index in [4.69, 9.17) is 21.1 Å². The van der Waals surface area contributed by atoms with Crippen LogP contribution in [0.5, 0.6) is 0 Å². The van der Waals surface area contributed by atoms with Crippen molar-refractivity contribution in [1.29, 1.82) is 0 Å². The Balaban J connectivity index is 1.69. The second kappa shape index (κ2) is 10.2. The van der Waals surface area contributed by atoms with Crippen LogP contribution in [0, 0.1) is 13.8 Å². The van der Waals surface area contributed by atoms with Gasteiger partial charge >= 0.3 is 5.97 Å². The van der Waals surface area contributed by atoms with Gasteiger partial charge in [-0.3, -0.25) is 4.79 Å². The lowest BCUT2D eigenvalue weighted by molar-refractivity contribution is -0.119. The molecule has 178 valence electrons. The van der Waals surface area contributed by atoms with Gasteiger partial charge in [0.05, 0.1) is 22.8 Å². The number of amides is 1. The summed E-state index contributed by atoms with van der Waals surface area (Å²) in [5.41, 5.74) is 2.68. The highest BCUT2D eigenvalue weighted by Gasteiger charge is 2.34. The molecule has 0 radical (unpaired) electrons. The lowest BCUT2D eigenvalue weighted by Crippen LogP contribution is -2.48. The molecule has 2 unspecified atom stereocenters.